The third kappa shape index (κ3) is 4.25. The topological polar surface area (TPSA) is 40.5 Å². The minimum Gasteiger partial charge on any atom is -0.423 e. The van der Waals surface area contributed by atoms with Gasteiger partial charge in [0, 0.05) is 0 Å². The van der Waals surface area contributed by atoms with Crippen molar-refractivity contribution in [2.45, 2.75) is 0 Å². The monoisotopic (exact) mass is 476 g/mol. The average Bonchev–Trinajstić information content (AvgIpc) is 2.97. The van der Waals surface area contributed by atoms with Crippen molar-refractivity contribution >= 4 is 23.4 Å². The highest BCUT2D eigenvalue weighted by molar-refractivity contribution is 6.59. The summed E-state index contributed by atoms with van der Waals surface area (Å²) in [6.45, 7) is 0. The van der Waals surface area contributed by atoms with Crippen molar-refractivity contribution < 1.29 is 10.0 Å². The predicted octanol–water partition coefficient (Wildman–Crippen LogP) is 7.19. The van der Waals surface area contributed by atoms with E-state index < -0.39 is 7.12 Å². The molecule has 37 heavy (non-hydrogen) atoms. The van der Waals surface area contributed by atoms with Crippen LogP contribution < -0.4 is 5.46 Å². The third-order valence-corrected chi connectivity index (χ3v) is 6.88. The van der Waals surface area contributed by atoms with Crippen molar-refractivity contribution in [3.8, 4) is 44.5 Å². The number of rotatable bonds is 5. The van der Waals surface area contributed by atoms with Gasteiger partial charge in [-0.25, -0.2) is 0 Å². The van der Waals surface area contributed by atoms with Gasteiger partial charge < -0.3 is 10.0 Å². The van der Waals surface area contributed by atoms with Crippen LogP contribution >= 0.6 is 0 Å². The van der Waals surface area contributed by atoms with E-state index in [1.807, 2.05) is 54.6 Å². The highest BCUT2D eigenvalue weighted by Gasteiger charge is 2.25. The zero-order valence-corrected chi connectivity index (χ0v) is 20.3. The molecule has 3 heteroatoms. The molecule has 0 aromatic heterocycles. The van der Waals surface area contributed by atoms with Crippen LogP contribution in [0.15, 0.2) is 140 Å². The van der Waals surface area contributed by atoms with E-state index in [0.717, 1.165) is 55.3 Å². The minimum atomic E-state index is -1.55. The van der Waals surface area contributed by atoms with Crippen molar-refractivity contribution in [2.24, 2.45) is 0 Å². The first kappa shape index (κ1) is 23.0. The van der Waals surface area contributed by atoms with E-state index in [1.165, 1.54) is 0 Å². The van der Waals surface area contributed by atoms with Gasteiger partial charge in [0.2, 0.25) is 0 Å². The normalized spacial score (nSPS) is 11.0. The molecule has 176 valence electrons. The van der Waals surface area contributed by atoms with Crippen LogP contribution in [-0.2, 0) is 0 Å². The minimum absolute atomic E-state index is 0.468. The van der Waals surface area contributed by atoms with Gasteiger partial charge in [-0.2, -0.15) is 0 Å². The van der Waals surface area contributed by atoms with Crippen molar-refractivity contribution in [2.75, 3.05) is 0 Å². The molecule has 2 N–H and O–H groups in total. The second kappa shape index (κ2) is 9.90. The maximum absolute atomic E-state index is 10.1. The van der Waals surface area contributed by atoms with Gasteiger partial charge in [0.05, 0.1) is 0 Å². The van der Waals surface area contributed by atoms with Crippen LogP contribution in [-0.4, -0.2) is 17.2 Å². The smallest absolute Gasteiger partial charge is 0.423 e. The Morgan fingerprint density at radius 3 is 1.08 bits per heavy atom. The third-order valence-electron chi connectivity index (χ3n) is 6.88. The van der Waals surface area contributed by atoms with E-state index >= 15 is 0 Å². The zero-order valence-electron chi connectivity index (χ0n) is 20.3. The Labute approximate surface area is 217 Å². The summed E-state index contributed by atoms with van der Waals surface area (Å²) in [5.41, 5.74) is 9.36. The van der Waals surface area contributed by atoms with E-state index in [-0.39, 0.29) is 0 Å². The molecule has 0 unspecified atom stereocenters. The van der Waals surface area contributed by atoms with Crippen LogP contribution in [0.1, 0.15) is 0 Å². The molecule has 6 rings (SSSR count). The Hall–Kier alpha value is -4.44. The molecule has 0 fully saturated rings. The molecule has 6 aromatic rings. The van der Waals surface area contributed by atoms with E-state index in [4.69, 9.17) is 0 Å². The van der Waals surface area contributed by atoms with Gasteiger partial charge in [-0.05, 0) is 60.7 Å². The van der Waals surface area contributed by atoms with Crippen LogP contribution in [0, 0.1) is 0 Å². The lowest BCUT2D eigenvalue weighted by molar-refractivity contribution is 0.426. The molecule has 0 saturated carbocycles. The molecule has 0 amide bonds. The lowest BCUT2D eigenvalue weighted by atomic mass is 9.75. The number of benzene rings is 6. The van der Waals surface area contributed by atoms with Crippen LogP contribution in [0.3, 0.4) is 0 Å². The zero-order chi connectivity index (χ0) is 25.2. The van der Waals surface area contributed by atoms with Gasteiger partial charge in [0.1, 0.15) is 0 Å². The van der Waals surface area contributed by atoms with E-state index in [2.05, 4.69) is 84.9 Å². The molecular formula is C34H25BO2. The summed E-state index contributed by atoms with van der Waals surface area (Å²) in [5, 5.41) is 22.3. The first-order chi connectivity index (χ1) is 18.2. The molecule has 0 aliphatic rings. The van der Waals surface area contributed by atoms with E-state index in [1.54, 1.807) is 0 Å². The first-order valence-electron chi connectivity index (χ1n) is 12.4. The highest BCUT2D eigenvalue weighted by Crippen LogP contribution is 2.50. The Bertz CT molecular complexity index is 1660. The Balaban J connectivity index is 1.91. The molecule has 0 spiro atoms. The molecule has 0 saturated heterocycles. The predicted molar refractivity (Wildman–Crippen MR) is 156 cm³/mol. The van der Waals surface area contributed by atoms with Gasteiger partial charge in [-0.3, -0.25) is 0 Å². The largest absolute Gasteiger partial charge is 0.488 e. The quantitative estimate of drug-likeness (QED) is 0.259. The molecule has 2 nitrogen and oxygen atoms in total. The van der Waals surface area contributed by atoms with E-state index in [0.29, 0.717) is 5.46 Å². The lowest BCUT2D eigenvalue weighted by Gasteiger charge is -2.24. The summed E-state index contributed by atoms with van der Waals surface area (Å²) in [6.07, 6.45) is 0. The molecule has 0 radical (unpaired) electrons. The summed E-state index contributed by atoms with van der Waals surface area (Å²) >= 11 is 0. The lowest BCUT2D eigenvalue weighted by Crippen LogP contribution is -2.29. The fourth-order valence-corrected chi connectivity index (χ4v) is 5.26. The van der Waals surface area contributed by atoms with Gasteiger partial charge in [0.25, 0.3) is 0 Å². The Morgan fingerprint density at radius 1 is 0.351 bits per heavy atom. The van der Waals surface area contributed by atoms with Crippen molar-refractivity contribution in [1.82, 2.24) is 0 Å². The van der Waals surface area contributed by atoms with E-state index in [9.17, 15) is 10.0 Å². The molecule has 0 aliphatic heterocycles. The second-order valence-corrected chi connectivity index (χ2v) is 9.14. The van der Waals surface area contributed by atoms with Crippen LogP contribution in [0.2, 0.25) is 0 Å². The van der Waals surface area contributed by atoms with Gasteiger partial charge >= 0.3 is 7.12 Å². The highest BCUT2D eigenvalue weighted by atomic mass is 16.4. The fourth-order valence-electron chi connectivity index (χ4n) is 5.26. The summed E-state index contributed by atoms with van der Waals surface area (Å²) in [7, 11) is -1.55. The van der Waals surface area contributed by atoms with Gasteiger partial charge in [-0.1, -0.05) is 140 Å². The first-order valence-corrected chi connectivity index (χ1v) is 12.4. The summed E-state index contributed by atoms with van der Waals surface area (Å²) in [6, 6.07) is 47.6. The number of hydrogen-bond acceptors (Lipinski definition) is 2. The number of fused-ring (bicyclic) bond motifs is 1. The Kier molecular flexibility index (Phi) is 6.15. The maximum Gasteiger partial charge on any atom is 0.488 e. The molecule has 0 bridgehead atoms. The maximum atomic E-state index is 10.1. The second-order valence-electron chi connectivity index (χ2n) is 9.14. The average molecular weight is 476 g/mol. The molecule has 6 aromatic carbocycles. The van der Waals surface area contributed by atoms with Crippen LogP contribution in [0.5, 0.6) is 0 Å². The summed E-state index contributed by atoms with van der Waals surface area (Å²) in [5.74, 6) is 0. The molecule has 0 aliphatic carbocycles. The van der Waals surface area contributed by atoms with Gasteiger partial charge in [-0.15, -0.1) is 0 Å². The SMILES string of the molecule is OB(O)c1ccc2c(-c3ccccc3)c(-c3ccccc3)c(-c3ccccc3)c(-c3ccccc3)c2c1. The van der Waals surface area contributed by atoms with Crippen molar-refractivity contribution in [3.05, 3.63) is 140 Å². The molecule has 0 heterocycles. The van der Waals surface area contributed by atoms with Crippen LogP contribution in [0.25, 0.3) is 55.3 Å². The summed E-state index contributed by atoms with van der Waals surface area (Å²) in [4.78, 5) is 0. The van der Waals surface area contributed by atoms with Crippen molar-refractivity contribution in [3.63, 3.8) is 0 Å². The van der Waals surface area contributed by atoms with Crippen molar-refractivity contribution in [1.29, 1.82) is 0 Å². The summed E-state index contributed by atoms with van der Waals surface area (Å²) < 4.78 is 0. The molecule has 0 atom stereocenters. The Morgan fingerprint density at radius 2 is 0.703 bits per heavy atom. The van der Waals surface area contributed by atoms with Gasteiger partial charge in [0.15, 0.2) is 0 Å². The molecular weight excluding hydrogens is 451 g/mol. The van der Waals surface area contributed by atoms with Crippen LogP contribution in [0.4, 0.5) is 0 Å². The standard InChI is InChI=1S/C34H25BO2/c36-35(37)28-21-22-29-30(23-28)32(25-15-7-2-8-16-25)34(27-19-11-4-12-20-27)33(26-17-9-3-10-18-26)31(29)24-13-5-1-6-14-24/h1-23,36-37H. The fraction of sp³-hybridized carbons (Fsp3) is 0. The number of hydrogen-bond donors (Lipinski definition) is 2.